The number of anilines is 2. The Bertz CT molecular complexity index is 1080. The van der Waals surface area contributed by atoms with Gasteiger partial charge in [0.15, 0.2) is 0 Å². The number of esters is 1. The predicted octanol–water partition coefficient (Wildman–Crippen LogP) is 2.32. The van der Waals surface area contributed by atoms with Crippen LogP contribution in [0.1, 0.15) is 10.4 Å². The summed E-state index contributed by atoms with van der Waals surface area (Å²) in [6.07, 6.45) is 1.03. The molecule has 0 aliphatic carbocycles. The summed E-state index contributed by atoms with van der Waals surface area (Å²) in [5.41, 5.74) is 0.342. The Morgan fingerprint density at radius 1 is 1.11 bits per heavy atom. The average molecular weight is 433 g/mol. The molecule has 0 radical (unpaired) electrons. The summed E-state index contributed by atoms with van der Waals surface area (Å²) in [6.45, 7) is 0. The zero-order valence-corrected chi connectivity index (χ0v) is 17.0. The summed E-state index contributed by atoms with van der Waals surface area (Å²) in [7, 11) is -5.05. The normalized spacial score (nSPS) is 11.7. The van der Waals surface area contributed by atoms with E-state index in [0.29, 0.717) is 0 Å². The molecular weight excluding hydrogens is 416 g/mol. The summed E-state index contributed by atoms with van der Waals surface area (Å²) >= 11 is 5.90. The van der Waals surface area contributed by atoms with E-state index in [4.69, 9.17) is 11.6 Å². The molecular formula is C16H17ClN2O6S2. The van der Waals surface area contributed by atoms with Crippen molar-refractivity contribution >= 4 is 49.0 Å². The fraction of sp³-hybridized carbons (Fsp3) is 0.188. The Morgan fingerprint density at radius 2 is 1.78 bits per heavy atom. The number of hydrogen-bond acceptors (Lipinski definition) is 6. The lowest BCUT2D eigenvalue weighted by atomic mass is 10.2. The van der Waals surface area contributed by atoms with Gasteiger partial charge in [0.05, 0.1) is 40.2 Å². The summed E-state index contributed by atoms with van der Waals surface area (Å²) < 4.78 is 56.4. The summed E-state index contributed by atoms with van der Waals surface area (Å²) in [4.78, 5) is 11.5. The molecule has 0 bridgehead atoms. The second-order valence-electron chi connectivity index (χ2n) is 5.52. The first kappa shape index (κ1) is 21.0. The van der Waals surface area contributed by atoms with Crippen molar-refractivity contribution in [3.05, 3.63) is 53.1 Å². The van der Waals surface area contributed by atoms with E-state index in [0.717, 1.165) is 23.7 Å². The third kappa shape index (κ3) is 4.90. The van der Waals surface area contributed by atoms with E-state index in [2.05, 4.69) is 9.46 Å². The lowest BCUT2D eigenvalue weighted by molar-refractivity contribution is 0.0600. The van der Waals surface area contributed by atoms with Crippen molar-refractivity contribution in [1.82, 2.24) is 0 Å². The molecule has 146 valence electrons. The van der Waals surface area contributed by atoms with Crippen LogP contribution in [0.4, 0.5) is 11.4 Å². The average Bonchev–Trinajstić information content (AvgIpc) is 2.59. The number of carbonyl (C=O) groups excluding carboxylic acids is 1. The van der Waals surface area contributed by atoms with Crippen LogP contribution in [0.25, 0.3) is 0 Å². The van der Waals surface area contributed by atoms with E-state index >= 15 is 0 Å². The first-order chi connectivity index (χ1) is 12.5. The molecule has 0 unspecified atom stereocenters. The van der Waals surface area contributed by atoms with Gasteiger partial charge in [0, 0.05) is 7.05 Å². The Labute approximate surface area is 162 Å². The van der Waals surface area contributed by atoms with Crippen LogP contribution < -0.4 is 9.03 Å². The van der Waals surface area contributed by atoms with Crippen molar-refractivity contribution in [3.8, 4) is 0 Å². The van der Waals surface area contributed by atoms with Gasteiger partial charge in [-0.25, -0.2) is 21.6 Å². The SMILES string of the molecule is COC(=O)c1cc(S(=O)(=O)Nc2cccc(N(C)S(C)(=O)=O)c2)ccc1Cl. The van der Waals surface area contributed by atoms with Crippen molar-refractivity contribution in [2.75, 3.05) is 29.4 Å². The Kier molecular flexibility index (Phi) is 6.03. The van der Waals surface area contributed by atoms with Crippen molar-refractivity contribution in [2.45, 2.75) is 4.90 Å². The highest BCUT2D eigenvalue weighted by Crippen LogP contribution is 2.25. The maximum atomic E-state index is 12.6. The molecule has 11 heteroatoms. The van der Waals surface area contributed by atoms with E-state index in [1.807, 2.05) is 0 Å². The molecule has 2 aromatic rings. The van der Waals surface area contributed by atoms with Gasteiger partial charge in [-0.3, -0.25) is 9.03 Å². The van der Waals surface area contributed by atoms with Crippen molar-refractivity contribution in [1.29, 1.82) is 0 Å². The Hall–Kier alpha value is -2.30. The van der Waals surface area contributed by atoms with Crippen LogP contribution in [0, 0.1) is 0 Å². The summed E-state index contributed by atoms with van der Waals surface area (Å²) in [5, 5.41) is 0.0533. The minimum atomic E-state index is -4.06. The Morgan fingerprint density at radius 3 is 2.37 bits per heavy atom. The van der Waals surface area contributed by atoms with Crippen LogP contribution in [0.15, 0.2) is 47.4 Å². The monoisotopic (exact) mass is 432 g/mol. The topological polar surface area (TPSA) is 110 Å². The molecule has 8 nitrogen and oxygen atoms in total. The molecule has 27 heavy (non-hydrogen) atoms. The number of rotatable bonds is 6. The van der Waals surface area contributed by atoms with Crippen molar-refractivity contribution in [2.24, 2.45) is 0 Å². The number of methoxy groups -OCH3 is 1. The van der Waals surface area contributed by atoms with E-state index in [9.17, 15) is 21.6 Å². The lowest BCUT2D eigenvalue weighted by Crippen LogP contribution is -2.24. The number of nitrogens with one attached hydrogen (secondary N) is 1. The molecule has 0 aliphatic rings. The number of carbonyl (C=O) groups is 1. The standard InChI is InChI=1S/C16H17ClN2O6S2/c1-19(26(3,21)22)12-6-4-5-11(9-12)18-27(23,24)13-7-8-15(17)14(10-13)16(20)25-2/h4-10,18H,1-3H3. The maximum Gasteiger partial charge on any atom is 0.339 e. The molecule has 0 atom stereocenters. The number of halogens is 1. The lowest BCUT2D eigenvalue weighted by Gasteiger charge is -2.18. The van der Waals surface area contributed by atoms with E-state index < -0.39 is 26.0 Å². The van der Waals surface area contributed by atoms with Gasteiger partial charge < -0.3 is 4.74 Å². The minimum Gasteiger partial charge on any atom is -0.465 e. The third-order valence-electron chi connectivity index (χ3n) is 3.61. The van der Waals surface area contributed by atoms with Gasteiger partial charge >= 0.3 is 5.97 Å². The smallest absolute Gasteiger partial charge is 0.339 e. The van der Waals surface area contributed by atoms with Gasteiger partial charge in [0.25, 0.3) is 10.0 Å². The maximum absolute atomic E-state index is 12.6. The molecule has 0 aliphatic heterocycles. The fourth-order valence-electron chi connectivity index (χ4n) is 2.11. The molecule has 2 aromatic carbocycles. The van der Waals surface area contributed by atoms with Crippen molar-refractivity contribution < 1.29 is 26.4 Å². The number of ether oxygens (including phenoxy) is 1. The first-order valence-electron chi connectivity index (χ1n) is 7.40. The van der Waals surface area contributed by atoms with Gasteiger partial charge in [-0.15, -0.1) is 0 Å². The van der Waals surface area contributed by atoms with E-state index in [1.165, 1.54) is 43.4 Å². The van der Waals surface area contributed by atoms with Gasteiger partial charge in [0.2, 0.25) is 10.0 Å². The van der Waals surface area contributed by atoms with Gasteiger partial charge in [-0.1, -0.05) is 17.7 Å². The van der Waals surface area contributed by atoms with E-state index in [1.54, 1.807) is 0 Å². The van der Waals surface area contributed by atoms with Crippen LogP contribution in [0.3, 0.4) is 0 Å². The zero-order chi connectivity index (χ0) is 20.4. The second kappa shape index (κ2) is 7.75. The molecule has 0 aromatic heterocycles. The van der Waals surface area contributed by atoms with Crippen LogP contribution >= 0.6 is 11.6 Å². The van der Waals surface area contributed by atoms with Gasteiger partial charge in [0.1, 0.15) is 0 Å². The predicted molar refractivity (Wildman–Crippen MR) is 103 cm³/mol. The molecule has 0 saturated heterocycles. The fourth-order valence-corrected chi connectivity index (χ4v) is 3.88. The van der Waals surface area contributed by atoms with Gasteiger partial charge in [-0.05, 0) is 36.4 Å². The first-order valence-corrected chi connectivity index (χ1v) is 11.1. The third-order valence-corrected chi connectivity index (χ3v) is 6.53. The number of benzene rings is 2. The molecule has 1 N–H and O–H groups in total. The van der Waals surface area contributed by atoms with Crippen LogP contribution in [-0.4, -0.2) is 43.2 Å². The summed E-state index contributed by atoms with van der Waals surface area (Å²) in [6, 6.07) is 9.49. The number of sulfonamides is 2. The summed E-state index contributed by atoms with van der Waals surface area (Å²) in [5.74, 6) is -0.770. The molecule has 0 fully saturated rings. The van der Waals surface area contributed by atoms with Crippen LogP contribution in [0.2, 0.25) is 5.02 Å². The number of hydrogen-bond donors (Lipinski definition) is 1. The highest BCUT2D eigenvalue weighted by molar-refractivity contribution is 7.92. The quantitative estimate of drug-likeness (QED) is 0.701. The van der Waals surface area contributed by atoms with E-state index in [-0.39, 0.29) is 26.9 Å². The van der Waals surface area contributed by atoms with Crippen LogP contribution in [0.5, 0.6) is 0 Å². The molecule has 0 amide bonds. The Balaban J connectivity index is 2.39. The van der Waals surface area contributed by atoms with Crippen LogP contribution in [-0.2, 0) is 24.8 Å². The number of nitrogens with zero attached hydrogens (tertiary/aromatic N) is 1. The highest BCUT2D eigenvalue weighted by atomic mass is 35.5. The second-order valence-corrected chi connectivity index (χ2v) is 9.62. The molecule has 0 saturated carbocycles. The largest absolute Gasteiger partial charge is 0.465 e. The zero-order valence-electron chi connectivity index (χ0n) is 14.6. The molecule has 0 heterocycles. The molecule has 0 spiro atoms. The molecule has 2 rings (SSSR count). The minimum absolute atomic E-state index is 0.0533. The van der Waals surface area contributed by atoms with Crippen molar-refractivity contribution in [3.63, 3.8) is 0 Å². The highest BCUT2D eigenvalue weighted by Gasteiger charge is 2.20. The van der Waals surface area contributed by atoms with Gasteiger partial charge in [-0.2, -0.15) is 0 Å².